The Morgan fingerprint density at radius 3 is 2.37 bits per heavy atom. The molecule has 0 heterocycles. The van der Waals surface area contributed by atoms with Crippen LogP contribution in [0.3, 0.4) is 0 Å². The smallest absolute Gasteiger partial charge is 0.242 e. The lowest BCUT2D eigenvalue weighted by atomic mass is 10.1. The molecule has 0 bridgehead atoms. The molecule has 2 aromatic rings. The predicted molar refractivity (Wildman–Crippen MR) is 130 cm³/mol. The van der Waals surface area contributed by atoms with Gasteiger partial charge in [-0.05, 0) is 57.0 Å². The van der Waals surface area contributed by atoms with E-state index in [1.54, 1.807) is 11.8 Å². The summed E-state index contributed by atoms with van der Waals surface area (Å²) in [7, 11) is 0. The van der Waals surface area contributed by atoms with Crippen LogP contribution in [0.15, 0.2) is 53.0 Å². The predicted octanol–water partition coefficient (Wildman–Crippen LogP) is 5.67. The van der Waals surface area contributed by atoms with Gasteiger partial charge in [0.05, 0.1) is 5.75 Å². The first-order chi connectivity index (χ1) is 14.1. The molecule has 30 heavy (non-hydrogen) atoms. The first-order valence-corrected chi connectivity index (χ1v) is 12.1. The number of halogens is 2. The number of nitrogens with zero attached hydrogens (tertiary/aromatic N) is 1. The SMILES string of the molecule is C[C@@H](C(=O)NC(C)(C)C)N(Cc1ccc(Br)cc1)C(=O)CSCc1ccccc1Cl. The summed E-state index contributed by atoms with van der Waals surface area (Å²) in [6, 6.07) is 14.8. The van der Waals surface area contributed by atoms with Gasteiger partial charge in [-0.1, -0.05) is 57.9 Å². The molecule has 4 nitrogen and oxygen atoms in total. The van der Waals surface area contributed by atoms with Crippen LogP contribution >= 0.6 is 39.3 Å². The van der Waals surface area contributed by atoms with Gasteiger partial charge >= 0.3 is 0 Å². The van der Waals surface area contributed by atoms with Crippen LogP contribution in [0.2, 0.25) is 5.02 Å². The van der Waals surface area contributed by atoms with Crippen molar-refractivity contribution in [3.05, 3.63) is 69.2 Å². The molecular formula is C23H28BrClN2O2S. The molecule has 0 aliphatic carbocycles. The fourth-order valence-electron chi connectivity index (χ4n) is 2.79. The Morgan fingerprint density at radius 2 is 1.77 bits per heavy atom. The van der Waals surface area contributed by atoms with E-state index >= 15 is 0 Å². The zero-order valence-corrected chi connectivity index (χ0v) is 20.9. The minimum atomic E-state index is -0.582. The highest BCUT2D eigenvalue weighted by Crippen LogP contribution is 2.22. The van der Waals surface area contributed by atoms with Gasteiger partial charge in [0.25, 0.3) is 0 Å². The molecule has 2 aromatic carbocycles. The molecule has 0 saturated carbocycles. The maximum absolute atomic E-state index is 13.1. The van der Waals surface area contributed by atoms with Gasteiger partial charge in [-0.15, -0.1) is 11.8 Å². The molecule has 0 unspecified atom stereocenters. The van der Waals surface area contributed by atoms with Gasteiger partial charge in [0.1, 0.15) is 6.04 Å². The number of rotatable bonds is 8. The fraction of sp³-hybridized carbons (Fsp3) is 0.391. The first-order valence-electron chi connectivity index (χ1n) is 9.74. The Kier molecular flexibility index (Phi) is 9.26. The van der Waals surface area contributed by atoms with Gasteiger partial charge in [0.2, 0.25) is 11.8 Å². The summed E-state index contributed by atoms with van der Waals surface area (Å²) in [6.45, 7) is 7.93. The van der Waals surface area contributed by atoms with E-state index in [2.05, 4.69) is 21.2 Å². The van der Waals surface area contributed by atoms with Crippen LogP contribution in [0, 0.1) is 0 Å². The van der Waals surface area contributed by atoms with Crippen LogP contribution in [0.25, 0.3) is 0 Å². The fourth-order valence-corrected chi connectivity index (χ4v) is 4.25. The molecule has 0 spiro atoms. The van der Waals surface area contributed by atoms with Crippen molar-refractivity contribution < 1.29 is 9.59 Å². The molecule has 2 rings (SSSR count). The molecule has 0 aliphatic heterocycles. The number of nitrogens with one attached hydrogen (secondary N) is 1. The van der Waals surface area contributed by atoms with Crippen molar-refractivity contribution in [2.24, 2.45) is 0 Å². The lowest BCUT2D eigenvalue weighted by Crippen LogP contribution is -2.52. The Bertz CT molecular complexity index is 868. The van der Waals surface area contributed by atoms with Crippen LogP contribution in [0.1, 0.15) is 38.8 Å². The third-order valence-electron chi connectivity index (χ3n) is 4.37. The molecule has 0 aliphatic rings. The average Bonchev–Trinajstić information content (AvgIpc) is 2.67. The summed E-state index contributed by atoms with van der Waals surface area (Å²) in [6.07, 6.45) is 0. The minimum Gasteiger partial charge on any atom is -0.350 e. The normalized spacial score (nSPS) is 12.3. The molecule has 162 valence electrons. The van der Waals surface area contributed by atoms with Crippen molar-refractivity contribution in [2.75, 3.05) is 5.75 Å². The second kappa shape index (κ2) is 11.2. The number of carbonyl (C=O) groups excluding carboxylic acids is 2. The second-order valence-electron chi connectivity index (χ2n) is 8.15. The number of benzene rings is 2. The Labute approximate surface area is 196 Å². The summed E-state index contributed by atoms with van der Waals surface area (Å²) < 4.78 is 0.970. The van der Waals surface area contributed by atoms with Crippen LogP contribution < -0.4 is 5.32 Å². The highest BCUT2D eigenvalue weighted by molar-refractivity contribution is 9.10. The molecule has 7 heteroatoms. The summed E-state index contributed by atoms with van der Waals surface area (Å²) in [5.41, 5.74) is 1.60. The summed E-state index contributed by atoms with van der Waals surface area (Å²) in [5, 5.41) is 3.67. The molecule has 2 amide bonds. The number of thioether (sulfide) groups is 1. The van der Waals surface area contributed by atoms with Gasteiger partial charge < -0.3 is 10.2 Å². The van der Waals surface area contributed by atoms with Crippen molar-refractivity contribution in [3.63, 3.8) is 0 Å². The zero-order chi connectivity index (χ0) is 22.3. The molecular weight excluding hydrogens is 484 g/mol. The average molecular weight is 512 g/mol. The Hall–Kier alpha value is -1.50. The maximum atomic E-state index is 13.1. The van der Waals surface area contributed by atoms with E-state index in [4.69, 9.17) is 11.6 Å². The minimum absolute atomic E-state index is 0.0773. The lowest BCUT2D eigenvalue weighted by Gasteiger charge is -2.31. The number of carbonyl (C=O) groups is 2. The Balaban J connectivity index is 2.10. The summed E-state index contributed by atoms with van der Waals surface area (Å²) in [4.78, 5) is 27.5. The van der Waals surface area contributed by atoms with Crippen LogP contribution in [0.4, 0.5) is 0 Å². The molecule has 1 atom stereocenters. The Morgan fingerprint density at radius 1 is 1.13 bits per heavy atom. The van der Waals surface area contributed by atoms with Crippen molar-refractivity contribution in [1.82, 2.24) is 10.2 Å². The van der Waals surface area contributed by atoms with Crippen molar-refractivity contribution in [3.8, 4) is 0 Å². The molecule has 0 radical (unpaired) electrons. The van der Waals surface area contributed by atoms with Crippen LogP contribution in [-0.4, -0.2) is 34.0 Å². The van der Waals surface area contributed by atoms with Crippen molar-refractivity contribution >= 4 is 51.1 Å². The van der Waals surface area contributed by atoms with E-state index in [0.29, 0.717) is 17.3 Å². The van der Waals surface area contributed by atoms with Crippen LogP contribution in [-0.2, 0) is 21.9 Å². The molecule has 0 saturated heterocycles. The van der Waals surface area contributed by atoms with Crippen LogP contribution in [0.5, 0.6) is 0 Å². The largest absolute Gasteiger partial charge is 0.350 e. The van der Waals surface area contributed by atoms with E-state index in [0.717, 1.165) is 15.6 Å². The third kappa shape index (κ3) is 7.97. The highest BCUT2D eigenvalue weighted by Gasteiger charge is 2.28. The number of amides is 2. The molecule has 0 fully saturated rings. The van der Waals surface area contributed by atoms with E-state index in [1.165, 1.54) is 11.8 Å². The third-order valence-corrected chi connectivity index (χ3v) is 6.24. The van der Waals surface area contributed by atoms with Gasteiger partial charge in [0.15, 0.2) is 0 Å². The molecule has 0 aromatic heterocycles. The highest BCUT2D eigenvalue weighted by atomic mass is 79.9. The van der Waals surface area contributed by atoms with E-state index in [9.17, 15) is 9.59 Å². The van der Waals surface area contributed by atoms with E-state index in [-0.39, 0.29) is 23.1 Å². The number of hydrogen-bond acceptors (Lipinski definition) is 3. The van der Waals surface area contributed by atoms with E-state index < -0.39 is 6.04 Å². The first kappa shape index (κ1) is 24.8. The summed E-state index contributed by atoms with van der Waals surface area (Å²) >= 11 is 11.1. The number of hydrogen-bond donors (Lipinski definition) is 1. The van der Waals surface area contributed by atoms with Crippen molar-refractivity contribution in [2.45, 2.75) is 51.6 Å². The maximum Gasteiger partial charge on any atom is 0.242 e. The lowest BCUT2D eigenvalue weighted by molar-refractivity contribution is -0.139. The second-order valence-corrected chi connectivity index (χ2v) is 10.5. The van der Waals surface area contributed by atoms with Gasteiger partial charge in [0, 0.05) is 27.3 Å². The summed E-state index contributed by atoms with van der Waals surface area (Å²) in [5.74, 6) is 0.672. The standard InChI is InChI=1S/C23H28BrClN2O2S/c1-16(22(29)26-23(2,3)4)27(13-17-9-11-19(24)12-10-17)21(28)15-30-14-18-7-5-6-8-20(18)25/h5-12,16H,13-15H2,1-4H3,(H,26,29)/t16-/m0/s1. The topological polar surface area (TPSA) is 49.4 Å². The van der Waals surface area contributed by atoms with Gasteiger partial charge in [-0.2, -0.15) is 0 Å². The van der Waals surface area contributed by atoms with E-state index in [1.807, 2.05) is 69.3 Å². The van der Waals surface area contributed by atoms with Gasteiger partial charge in [-0.3, -0.25) is 9.59 Å². The monoisotopic (exact) mass is 510 g/mol. The van der Waals surface area contributed by atoms with Crippen molar-refractivity contribution in [1.29, 1.82) is 0 Å². The van der Waals surface area contributed by atoms with Gasteiger partial charge in [-0.25, -0.2) is 0 Å². The quantitative estimate of drug-likeness (QED) is 0.497. The molecule has 1 N–H and O–H groups in total. The zero-order valence-electron chi connectivity index (χ0n) is 17.7.